The lowest BCUT2D eigenvalue weighted by molar-refractivity contribution is -0.263. The van der Waals surface area contributed by atoms with Crippen molar-refractivity contribution in [3.63, 3.8) is 0 Å². The second-order valence-corrected chi connectivity index (χ2v) is 5.78. The van der Waals surface area contributed by atoms with Gasteiger partial charge in [0.1, 0.15) is 11.4 Å². The Kier molecular flexibility index (Phi) is 3.95. The van der Waals surface area contributed by atoms with Gasteiger partial charge in [-0.25, -0.2) is 0 Å². The van der Waals surface area contributed by atoms with Crippen molar-refractivity contribution in [1.29, 1.82) is 0 Å². The number of fused-ring (bicyclic) bond motifs is 1. The largest absolute Gasteiger partial charge is 0.496 e. The maximum absolute atomic E-state index is 13.2. The number of alkyl halides is 3. The van der Waals surface area contributed by atoms with Crippen LogP contribution in [0.25, 0.3) is 10.9 Å². The number of H-pyrrole nitrogens is 1. The topological polar surface area (TPSA) is 54.6 Å². The standard InChI is InChI=1S/C16H17F3N2O3/c1-23-13-5-3-4-11-10(13)8-12(20-11)14(22)21-7-6-15(9-21,24-2)16(17,18)19/h3-5,8,20H,6-7,9H2,1-2H3/t15-/m0/s1. The summed E-state index contributed by atoms with van der Waals surface area (Å²) in [7, 11) is 2.54. The van der Waals surface area contributed by atoms with Gasteiger partial charge in [-0.1, -0.05) is 6.07 Å². The van der Waals surface area contributed by atoms with Crippen LogP contribution in [0.4, 0.5) is 13.2 Å². The zero-order valence-corrected chi connectivity index (χ0v) is 13.2. The molecule has 24 heavy (non-hydrogen) atoms. The highest BCUT2D eigenvalue weighted by molar-refractivity contribution is 5.99. The lowest BCUT2D eigenvalue weighted by atomic mass is 10.0. The summed E-state index contributed by atoms with van der Waals surface area (Å²) in [6, 6.07) is 6.88. The van der Waals surface area contributed by atoms with Gasteiger partial charge in [0.2, 0.25) is 0 Å². The molecule has 0 radical (unpaired) electrons. The number of benzene rings is 1. The van der Waals surface area contributed by atoms with Crippen LogP contribution in [-0.2, 0) is 4.74 Å². The summed E-state index contributed by atoms with van der Waals surface area (Å²) < 4.78 is 49.7. The zero-order valence-electron chi connectivity index (χ0n) is 13.2. The second-order valence-electron chi connectivity index (χ2n) is 5.78. The molecule has 0 aliphatic carbocycles. The first-order valence-electron chi connectivity index (χ1n) is 7.38. The smallest absolute Gasteiger partial charge is 0.419 e. The molecule has 5 nitrogen and oxygen atoms in total. The van der Waals surface area contributed by atoms with E-state index in [0.717, 1.165) is 12.0 Å². The maximum Gasteiger partial charge on any atom is 0.419 e. The third kappa shape index (κ3) is 2.50. The number of methoxy groups -OCH3 is 2. The molecule has 8 heteroatoms. The highest BCUT2D eigenvalue weighted by Crippen LogP contribution is 2.40. The maximum atomic E-state index is 13.2. The number of carbonyl (C=O) groups excluding carboxylic acids is 1. The van der Waals surface area contributed by atoms with E-state index in [1.54, 1.807) is 24.3 Å². The number of amides is 1. The van der Waals surface area contributed by atoms with E-state index in [1.165, 1.54) is 7.11 Å². The van der Waals surface area contributed by atoms with Gasteiger partial charge in [0.15, 0.2) is 5.60 Å². The molecular weight excluding hydrogens is 325 g/mol. The Bertz CT molecular complexity index is 772. The summed E-state index contributed by atoms with van der Waals surface area (Å²) in [6.45, 7) is -0.531. The molecule has 130 valence electrons. The molecule has 1 amide bonds. The summed E-state index contributed by atoms with van der Waals surface area (Å²) >= 11 is 0. The van der Waals surface area contributed by atoms with Crippen LogP contribution < -0.4 is 4.74 Å². The minimum atomic E-state index is -4.53. The first-order chi connectivity index (χ1) is 11.3. The second kappa shape index (κ2) is 5.70. The molecule has 1 aromatic carbocycles. The van der Waals surface area contributed by atoms with E-state index in [4.69, 9.17) is 9.47 Å². The first kappa shape index (κ1) is 16.6. The minimum Gasteiger partial charge on any atom is -0.496 e. The SMILES string of the molecule is COc1cccc2[nH]c(C(=O)N3CC[C@@](OC)(C(F)(F)F)C3)cc12. The lowest BCUT2D eigenvalue weighted by Gasteiger charge is -2.30. The number of nitrogens with one attached hydrogen (secondary N) is 1. The number of aromatic amines is 1. The summed E-state index contributed by atoms with van der Waals surface area (Å²) in [5.41, 5.74) is -1.39. The fraction of sp³-hybridized carbons (Fsp3) is 0.438. The van der Waals surface area contributed by atoms with Gasteiger partial charge in [-0.15, -0.1) is 0 Å². The molecule has 1 aliphatic heterocycles. The van der Waals surface area contributed by atoms with E-state index < -0.39 is 24.2 Å². The molecule has 2 heterocycles. The van der Waals surface area contributed by atoms with Gasteiger partial charge in [0.25, 0.3) is 5.91 Å². The number of likely N-dealkylation sites (tertiary alicyclic amines) is 1. The Morgan fingerprint density at radius 1 is 1.33 bits per heavy atom. The average Bonchev–Trinajstić information content (AvgIpc) is 3.18. The predicted octanol–water partition coefficient (Wildman–Crippen LogP) is 2.97. The molecular formula is C16H17F3N2O3. The van der Waals surface area contributed by atoms with Crippen LogP contribution in [0.5, 0.6) is 5.75 Å². The Morgan fingerprint density at radius 3 is 2.67 bits per heavy atom. The monoisotopic (exact) mass is 342 g/mol. The minimum absolute atomic E-state index is 0.0152. The molecule has 0 bridgehead atoms. The molecule has 1 N–H and O–H groups in total. The summed E-state index contributed by atoms with van der Waals surface area (Å²) in [5, 5.41) is 0.705. The van der Waals surface area contributed by atoms with Crippen molar-refractivity contribution in [1.82, 2.24) is 9.88 Å². The van der Waals surface area contributed by atoms with Crippen LogP contribution in [0.2, 0.25) is 0 Å². The highest BCUT2D eigenvalue weighted by Gasteiger charge is 2.59. The van der Waals surface area contributed by atoms with Crippen molar-refractivity contribution in [3.05, 3.63) is 30.0 Å². The Labute approximate surface area is 136 Å². The third-order valence-electron chi connectivity index (χ3n) is 4.50. The van der Waals surface area contributed by atoms with Gasteiger partial charge in [-0.05, 0) is 18.2 Å². The molecule has 0 spiro atoms. The molecule has 1 aliphatic rings. The normalized spacial score (nSPS) is 21.5. The molecule has 2 aromatic rings. The van der Waals surface area contributed by atoms with E-state index in [1.807, 2.05) is 0 Å². The average molecular weight is 342 g/mol. The van der Waals surface area contributed by atoms with Gasteiger partial charge >= 0.3 is 6.18 Å². The molecule has 3 rings (SSSR count). The zero-order chi connectivity index (χ0) is 17.5. The van der Waals surface area contributed by atoms with Crippen molar-refractivity contribution in [2.75, 3.05) is 27.3 Å². The van der Waals surface area contributed by atoms with Crippen LogP contribution in [-0.4, -0.2) is 54.9 Å². The molecule has 1 saturated heterocycles. The van der Waals surface area contributed by atoms with Crippen molar-refractivity contribution >= 4 is 16.8 Å². The fourth-order valence-corrected chi connectivity index (χ4v) is 3.06. The summed E-state index contributed by atoms with van der Waals surface area (Å²) in [4.78, 5) is 16.7. The van der Waals surface area contributed by atoms with Crippen molar-refractivity contribution < 1.29 is 27.4 Å². The Balaban J connectivity index is 1.88. The molecule has 1 atom stereocenters. The Morgan fingerprint density at radius 2 is 2.08 bits per heavy atom. The third-order valence-corrected chi connectivity index (χ3v) is 4.50. The van der Waals surface area contributed by atoms with Crippen molar-refractivity contribution in [3.8, 4) is 5.75 Å². The molecule has 0 unspecified atom stereocenters. The number of nitrogens with zero attached hydrogens (tertiary/aromatic N) is 1. The van der Waals surface area contributed by atoms with Crippen LogP contribution in [0.15, 0.2) is 24.3 Å². The summed E-state index contributed by atoms with van der Waals surface area (Å²) in [6.07, 6.45) is -4.80. The quantitative estimate of drug-likeness (QED) is 0.933. The van der Waals surface area contributed by atoms with Gasteiger partial charge in [-0.3, -0.25) is 4.79 Å². The molecule has 1 fully saturated rings. The number of rotatable bonds is 3. The number of ether oxygens (including phenoxy) is 2. The van der Waals surface area contributed by atoms with Gasteiger partial charge in [-0.2, -0.15) is 13.2 Å². The number of carbonyl (C=O) groups is 1. The highest BCUT2D eigenvalue weighted by atomic mass is 19.4. The van der Waals surface area contributed by atoms with E-state index in [2.05, 4.69) is 4.98 Å². The van der Waals surface area contributed by atoms with Crippen molar-refractivity contribution in [2.45, 2.75) is 18.2 Å². The summed E-state index contributed by atoms with van der Waals surface area (Å²) in [5.74, 6) is 0.0992. The van der Waals surface area contributed by atoms with Crippen molar-refractivity contribution in [2.24, 2.45) is 0 Å². The van der Waals surface area contributed by atoms with Gasteiger partial charge < -0.3 is 19.4 Å². The number of hydrogen-bond donors (Lipinski definition) is 1. The van der Waals surface area contributed by atoms with E-state index in [-0.39, 0.29) is 18.7 Å². The number of hydrogen-bond acceptors (Lipinski definition) is 3. The van der Waals surface area contributed by atoms with Gasteiger partial charge in [0, 0.05) is 31.0 Å². The number of halogens is 3. The Hall–Kier alpha value is -2.22. The van der Waals surface area contributed by atoms with Crippen LogP contribution >= 0.6 is 0 Å². The van der Waals surface area contributed by atoms with Crippen LogP contribution in [0, 0.1) is 0 Å². The molecule has 1 aromatic heterocycles. The van der Waals surface area contributed by atoms with E-state index in [0.29, 0.717) is 16.7 Å². The fourth-order valence-electron chi connectivity index (χ4n) is 3.06. The predicted molar refractivity (Wildman–Crippen MR) is 81.2 cm³/mol. The first-order valence-corrected chi connectivity index (χ1v) is 7.38. The van der Waals surface area contributed by atoms with Crippen LogP contribution in [0.3, 0.4) is 0 Å². The number of aromatic nitrogens is 1. The lowest BCUT2D eigenvalue weighted by Crippen LogP contribution is -2.49. The van der Waals surface area contributed by atoms with Crippen LogP contribution in [0.1, 0.15) is 16.9 Å². The van der Waals surface area contributed by atoms with E-state index in [9.17, 15) is 18.0 Å². The molecule has 0 saturated carbocycles. The van der Waals surface area contributed by atoms with E-state index >= 15 is 0 Å². The van der Waals surface area contributed by atoms with Gasteiger partial charge in [0.05, 0.1) is 13.7 Å².